The van der Waals surface area contributed by atoms with E-state index in [1.807, 2.05) is 30.6 Å². The number of anilines is 1. The highest BCUT2D eigenvalue weighted by Gasteiger charge is 2.15. The minimum Gasteiger partial charge on any atom is -0.383 e. The highest BCUT2D eigenvalue weighted by atomic mass is 14.8. The van der Waals surface area contributed by atoms with Crippen molar-refractivity contribution < 1.29 is 4.98 Å². The second-order valence-corrected chi connectivity index (χ2v) is 4.61. The van der Waals surface area contributed by atoms with Gasteiger partial charge < -0.3 is 5.73 Å². The number of nitrogens with zero attached hydrogens (tertiary/aromatic N) is 2. The SMILES string of the molecule is Nc1nccc2c(-c3c[nH]c4[nH+]cccc34)nccc12. The Bertz CT molecular complexity index is 926. The molecule has 4 aromatic heterocycles. The van der Waals surface area contributed by atoms with Crippen LogP contribution in [0.2, 0.25) is 0 Å². The molecular weight excluding hydrogens is 250 g/mol. The number of rotatable bonds is 1. The first-order chi connectivity index (χ1) is 9.84. The zero-order valence-corrected chi connectivity index (χ0v) is 10.6. The van der Waals surface area contributed by atoms with Gasteiger partial charge in [0, 0.05) is 23.2 Å². The normalized spacial score (nSPS) is 11.2. The molecule has 0 fully saturated rings. The van der Waals surface area contributed by atoms with Gasteiger partial charge in [0.2, 0.25) is 0 Å². The number of hydrogen-bond acceptors (Lipinski definition) is 3. The summed E-state index contributed by atoms with van der Waals surface area (Å²) in [4.78, 5) is 15.1. The number of hydrogen-bond donors (Lipinski definition) is 2. The molecule has 96 valence electrons. The lowest BCUT2D eigenvalue weighted by molar-refractivity contribution is -0.347. The fourth-order valence-corrected chi connectivity index (χ4v) is 2.54. The van der Waals surface area contributed by atoms with E-state index in [0.29, 0.717) is 5.82 Å². The van der Waals surface area contributed by atoms with Crippen LogP contribution in [0.25, 0.3) is 33.1 Å². The number of fused-ring (bicyclic) bond motifs is 2. The number of aromatic nitrogens is 4. The van der Waals surface area contributed by atoms with Crippen molar-refractivity contribution in [3.05, 3.63) is 49.1 Å². The molecule has 0 spiro atoms. The highest BCUT2D eigenvalue weighted by Crippen LogP contribution is 2.31. The Hall–Kier alpha value is -2.95. The number of nitrogen functional groups attached to an aromatic ring is 1. The lowest BCUT2D eigenvalue weighted by Gasteiger charge is -2.05. The van der Waals surface area contributed by atoms with Crippen LogP contribution in [0.15, 0.2) is 49.1 Å². The summed E-state index contributed by atoms with van der Waals surface area (Å²) in [5.41, 5.74) is 8.87. The largest absolute Gasteiger partial charge is 0.383 e. The Balaban J connectivity index is 2.10. The quantitative estimate of drug-likeness (QED) is 0.551. The van der Waals surface area contributed by atoms with E-state index in [4.69, 9.17) is 5.73 Å². The van der Waals surface area contributed by atoms with Gasteiger partial charge in [0.1, 0.15) is 5.82 Å². The van der Waals surface area contributed by atoms with Gasteiger partial charge in [-0.15, -0.1) is 0 Å². The molecule has 20 heavy (non-hydrogen) atoms. The maximum Gasteiger partial charge on any atom is 0.285 e. The summed E-state index contributed by atoms with van der Waals surface area (Å²) >= 11 is 0. The molecule has 4 N–H and O–H groups in total. The first-order valence-electron chi connectivity index (χ1n) is 6.32. The highest BCUT2D eigenvalue weighted by molar-refractivity contribution is 6.04. The van der Waals surface area contributed by atoms with Crippen LogP contribution in [0.4, 0.5) is 5.82 Å². The molecule has 0 saturated heterocycles. The lowest BCUT2D eigenvalue weighted by atomic mass is 10.1. The summed E-state index contributed by atoms with van der Waals surface area (Å²) in [5, 5.41) is 3.03. The van der Waals surface area contributed by atoms with Crippen molar-refractivity contribution in [2.24, 2.45) is 0 Å². The van der Waals surface area contributed by atoms with Gasteiger partial charge in [-0.1, -0.05) is 0 Å². The molecule has 4 rings (SSSR count). The number of aromatic amines is 2. The Labute approximate surface area is 114 Å². The molecule has 0 saturated carbocycles. The van der Waals surface area contributed by atoms with Gasteiger partial charge in [0.05, 0.1) is 29.0 Å². The molecule has 0 aromatic carbocycles. The summed E-state index contributed by atoms with van der Waals surface area (Å²) in [6, 6.07) is 7.87. The molecule has 0 aliphatic rings. The first kappa shape index (κ1) is 10.9. The number of H-pyrrole nitrogens is 2. The second kappa shape index (κ2) is 4.03. The zero-order chi connectivity index (χ0) is 13.5. The summed E-state index contributed by atoms with van der Waals surface area (Å²) in [5.74, 6) is 0.526. The van der Waals surface area contributed by atoms with E-state index in [2.05, 4.69) is 26.0 Å². The van der Waals surface area contributed by atoms with Crippen LogP contribution in [0, 0.1) is 0 Å². The summed E-state index contributed by atoms with van der Waals surface area (Å²) in [6.07, 6.45) is 7.33. The fraction of sp³-hybridized carbons (Fsp3) is 0. The molecule has 0 unspecified atom stereocenters. The molecule has 4 aromatic rings. The number of nitrogens with one attached hydrogen (secondary N) is 2. The van der Waals surface area contributed by atoms with Crippen LogP contribution in [0.3, 0.4) is 0 Å². The van der Waals surface area contributed by atoms with Crippen molar-refractivity contribution in [2.75, 3.05) is 5.73 Å². The third-order valence-corrected chi connectivity index (χ3v) is 3.48. The van der Waals surface area contributed by atoms with Crippen molar-refractivity contribution >= 4 is 27.6 Å². The molecule has 0 aliphatic heterocycles. The Morgan fingerprint density at radius 2 is 1.85 bits per heavy atom. The van der Waals surface area contributed by atoms with Gasteiger partial charge in [-0.3, -0.25) is 4.98 Å². The Morgan fingerprint density at radius 1 is 1.00 bits per heavy atom. The van der Waals surface area contributed by atoms with Crippen LogP contribution in [0.5, 0.6) is 0 Å². The lowest BCUT2D eigenvalue weighted by Crippen LogP contribution is -2.00. The Kier molecular flexibility index (Phi) is 2.20. The van der Waals surface area contributed by atoms with Crippen molar-refractivity contribution in [1.82, 2.24) is 15.0 Å². The fourth-order valence-electron chi connectivity index (χ4n) is 2.54. The molecule has 4 heterocycles. The molecule has 0 bridgehead atoms. The maximum atomic E-state index is 5.94. The van der Waals surface area contributed by atoms with Crippen LogP contribution in [-0.4, -0.2) is 15.0 Å². The van der Waals surface area contributed by atoms with Gasteiger partial charge in [-0.25, -0.2) is 15.0 Å². The molecule has 0 amide bonds. The van der Waals surface area contributed by atoms with Gasteiger partial charge in [-0.05, 0) is 24.3 Å². The van der Waals surface area contributed by atoms with E-state index >= 15 is 0 Å². The average molecular weight is 262 g/mol. The third kappa shape index (κ3) is 1.46. The second-order valence-electron chi connectivity index (χ2n) is 4.61. The molecular formula is C15H12N5+. The van der Waals surface area contributed by atoms with Crippen molar-refractivity contribution in [3.63, 3.8) is 0 Å². The topological polar surface area (TPSA) is 81.7 Å². The monoisotopic (exact) mass is 262 g/mol. The third-order valence-electron chi connectivity index (χ3n) is 3.48. The predicted molar refractivity (Wildman–Crippen MR) is 77.8 cm³/mol. The minimum atomic E-state index is 0.526. The van der Waals surface area contributed by atoms with E-state index in [1.54, 1.807) is 12.4 Å². The average Bonchev–Trinajstić information content (AvgIpc) is 2.91. The molecule has 0 atom stereocenters. The summed E-state index contributed by atoms with van der Waals surface area (Å²) in [7, 11) is 0. The molecule has 0 radical (unpaired) electrons. The number of nitrogens with two attached hydrogens (primary N) is 1. The van der Waals surface area contributed by atoms with Crippen LogP contribution >= 0.6 is 0 Å². The summed E-state index contributed by atoms with van der Waals surface area (Å²) in [6.45, 7) is 0. The zero-order valence-electron chi connectivity index (χ0n) is 10.6. The van der Waals surface area contributed by atoms with Crippen LogP contribution in [-0.2, 0) is 0 Å². The van der Waals surface area contributed by atoms with Crippen molar-refractivity contribution in [2.45, 2.75) is 0 Å². The molecule has 0 aliphatic carbocycles. The smallest absolute Gasteiger partial charge is 0.285 e. The van der Waals surface area contributed by atoms with E-state index in [-0.39, 0.29) is 0 Å². The maximum absolute atomic E-state index is 5.94. The first-order valence-corrected chi connectivity index (χ1v) is 6.32. The van der Waals surface area contributed by atoms with Gasteiger partial charge in [-0.2, -0.15) is 0 Å². The van der Waals surface area contributed by atoms with E-state index in [9.17, 15) is 0 Å². The molecule has 5 heteroatoms. The predicted octanol–water partition coefficient (Wildman–Crippen LogP) is 2.17. The van der Waals surface area contributed by atoms with Gasteiger partial charge >= 0.3 is 0 Å². The van der Waals surface area contributed by atoms with Crippen LogP contribution in [0.1, 0.15) is 0 Å². The van der Waals surface area contributed by atoms with E-state index < -0.39 is 0 Å². The summed E-state index contributed by atoms with van der Waals surface area (Å²) < 4.78 is 0. The number of pyridine rings is 3. The minimum absolute atomic E-state index is 0.526. The molecule has 5 nitrogen and oxygen atoms in total. The van der Waals surface area contributed by atoms with Gasteiger partial charge in [0.15, 0.2) is 0 Å². The standard InChI is InChI=1S/C15H11N5/c16-14-10-4-6-17-13(9(10)3-7-18-14)12-8-20-15-11(12)2-1-5-19-15/h1-8H,(H2,16,18)(H,19,20)/p+1. The van der Waals surface area contributed by atoms with Crippen LogP contribution < -0.4 is 10.7 Å². The van der Waals surface area contributed by atoms with Gasteiger partial charge in [0.25, 0.3) is 5.65 Å². The van der Waals surface area contributed by atoms with Crippen molar-refractivity contribution in [1.29, 1.82) is 0 Å². The van der Waals surface area contributed by atoms with E-state index in [1.165, 1.54) is 0 Å². The Morgan fingerprint density at radius 3 is 2.80 bits per heavy atom. The van der Waals surface area contributed by atoms with Crippen molar-refractivity contribution in [3.8, 4) is 11.3 Å². The van der Waals surface area contributed by atoms with E-state index in [0.717, 1.165) is 33.1 Å².